The van der Waals surface area contributed by atoms with Crippen molar-refractivity contribution in [3.05, 3.63) is 96.3 Å². The van der Waals surface area contributed by atoms with Crippen LogP contribution in [0, 0.1) is 5.92 Å². The van der Waals surface area contributed by atoms with Crippen molar-refractivity contribution in [2.45, 2.75) is 13.3 Å². The van der Waals surface area contributed by atoms with Gasteiger partial charge in [-0.3, -0.25) is 4.79 Å². The molecule has 0 aromatic heterocycles. The fraction of sp³-hybridized carbons (Fsp3) is 0.276. The van der Waals surface area contributed by atoms with Crippen molar-refractivity contribution < 1.29 is 23.9 Å². The van der Waals surface area contributed by atoms with Crippen LogP contribution < -0.4 is 18.8 Å². The van der Waals surface area contributed by atoms with Crippen molar-refractivity contribution in [2.75, 3.05) is 43.3 Å². The monoisotopic (exact) mass is 521 g/mol. The van der Waals surface area contributed by atoms with Gasteiger partial charge in [-0.15, -0.1) is 0 Å². The molecule has 0 bridgehead atoms. The van der Waals surface area contributed by atoms with Gasteiger partial charge >= 0.3 is 13.8 Å². The highest BCUT2D eigenvalue weighted by Gasteiger charge is 2.61. The van der Waals surface area contributed by atoms with E-state index >= 15 is 0 Å². The number of esters is 1. The van der Waals surface area contributed by atoms with Gasteiger partial charge < -0.3 is 14.2 Å². The average Bonchev–Trinajstić information content (AvgIpc) is 3.30. The molecule has 7 nitrogen and oxygen atoms in total. The number of carbonyl (C=O) groups is 1. The highest BCUT2D eigenvalue weighted by atomic mass is 31.2. The summed E-state index contributed by atoms with van der Waals surface area (Å²) in [6.45, 7) is 7.58. The van der Waals surface area contributed by atoms with Crippen molar-refractivity contribution in [1.82, 2.24) is 0 Å². The third-order valence-electron chi connectivity index (χ3n) is 6.52. The molecule has 4 rings (SSSR count). The third kappa shape index (κ3) is 5.43. The number of rotatable bonds is 10. The molecule has 1 unspecified atom stereocenters. The number of carbonyl (C=O) groups excluding carboxylic acids is 1. The first kappa shape index (κ1) is 26.5. The highest BCUT2D eigenvalue weighted by molar-refractivity contribution is 7.77. The van der Waals surface area contributed by atoms with Crippen LogP contribution in [-0.2, 0) is 16.0 Å². The molecule has 0 spiro atoms. The molecule has 0 aliphatic carbocycles. The number of hydrogen-bond acceptors (Lipinski definition) is 7. The average molecular weight is 522 g/mol. The summed E-state index contributed by atoms with van der Waals surface area (Å²) in [6.07, 6.45) is 0.277. The van der Waals surface area contributed by atoms with E-state index in [2.05, 4.69) is 6.58 Å². The predicted octanol–water partition coefficient (Wildman–Crippen LogP) is 5.72. The van der Waals surface area contributed by atoms with E-state index in [9.17, 15) is 9.69 Å². The van der Waals surface area contributed by atoms with Crippen LogP contribution in [0.2, 0.25) is 0 Å². The molecule has 1 heterocycles. The fourth-order valence-corrected chi connectivity index (χ4v) is 7.84. The largest absolute Gasteiger partial charge is 0.497 e. The van der Waals surface area contributed by atoms with Gasteiger partial charge in [-0.25, -0.2) is 0 Å². The van der Waals surface area contributed by atoms with Crippen molar-refractivity contribution in [3.63, 3.8) is 0 Å². The van der Waals surface area contributed by atoms with Gasteiger partial charge in [0.2, 0.25) is 0 Å². The second-order valence-electron chi connectivity index (χ2n) is 8.71. The molecule has 194 valence electrons. The number of nitrogens with zero attached hydrogens (tertiary/aromatic N) is 2. The van der Waals surface area contributed by atoms with Crippen LogP contribution in [0.25, 0.3) is 0 Å². The zero-order chi connectivity index (χ0) is 26.4. The SMILES string of the molecule is C=C(C(Cc1cc(OC)cc(OC)c1)C(=O)OCC)[P+]1(O)N(c2ccccc2)CCN1c1ccccc1. The number of para-hydroxylation sites is 2. The molecule has 1 aliphatic heterocycles. The molecule has 0 saturated carbocycles. The van der Waals surface area contributed by atoms with Gasteiger partial charge in [0.15, 0.2) is 5.31 Å². The topological polar surface area (TPSA) is 71.5 Å². The van der Waals surface area contributed by atoms with E-state index in [1.165, 1.54) is 0 Å². The lowest BCUT2D eigenvalue weighted by Gasteiger charge is -2.34. The molecule has 8 heteroatoms. The quantitative estimate of drug-likeness (QED) is 0.270. The van der Waals surface area contributed by atoms with Gasteiger partial charge in [0.25, 0.3) is 0 Å². The minimum Gasteiger partial charge on any atom is -0.497 e. The number of methoxy groups -OCH3 is 2. The van der Waals surface area contributed by atoms with Gasteiger partial charge in [0, 0.05) is 6.07 Å². The Morgan fingerprint density at radius 3 is 1.84 bits per heavy atom. The van der Waals surface area contributed by atoms with Crippen LogP contribution in [0.4, 0.5) is 11.4 Å². The summed E-state index contributed by atoms with van der Waals surface area (Å²) in [5, 5.41) is 0.443. The summed E-state index contributed by atoms with van der Waals surface area (Å²) < 4.78 is 20.4. The molecular formula is C29H34N2O5P+. The number of anilines is 2. The molecular weight excluding hydrogens is 487 g/mol. The Morgan fingerprint density at radius 1 is 0.919 bits per heavy atom. The second-order valence-corrected chi connectivity index (χ2v) is 11.4. The predicted molar refractivity (Wildman–Crippen MR) is 149 cm³/mol. The van der Waals surface area contributed by atoms with Crippen LogP contribution in [0.3, 0.4) is 0 Å². The summed E-state index contributed by atoms with van der Waals surface area (Å²) in [4.78, 5) is 26.1. The highest BCUT2D eigenvalue weighted by Crippen LogP contribution is 2.73. The lowest BCUT2D eigenvalue weighted by Crippen LogP contribution is -2.32. The van der Waals surface area contributed by atoms with E-state index < -0.39 is 19.7 Å². The summed E-state index contributed by atoms with van der Waals surface area (Å²) in [5.41, 5.74) is 2.57. The first-order valence-corrected chi connectivity index (χ1v) is 13.9. The molecule has 1 atom stereocenters. The second kappa shape index (κ2) is 11.7. The molecule has 0 amide bonds. The third-order valence-corrected chi connectivity index (χ3v) is 9.81. The van der Waals surface area contributed by atoms with Gasteiger partial charge in [0.1, 0.15) is 17.4 Å². The first-order valence-electron chi connectivity index (χ1n) is 12.3. The van der Waals surface area contributed by atoms with Crippen LogP contribution >= 0.6 is 7.79 Å². The van der Waals surface area contributed by atoms with E-state index in [0.29, 0.717) is 29.9 Å². The van der Waals surface area contributed by atoms with Crippen molar-refractivity contribution >= 4 is 25.1 Å². The van der Waals surface area contributed by atoms with Crippen LogP contribution in [-0.4, -0.2) is 44.8 Å². The number of hydrogen-bond donors (Lipinski definition) is 1. The van der Waals surface area contributed by atoms with E-state index in [4.69, 9.17) is 14.2 Å². The maximum atomic E-state index is 13.4. The van der Waals surface area contributed by atoms with Crippen molar-refractivity contribution in [2.24, 2.45) is 5.92 Å². The van der Waals surface area contributed by atoms with Crippen molar-refractivity contribution in [1.29, 1.82) is 0 Å². The zero-order valence-corrected chi connectivity index (χ0v) is 22.4. The lowest BCUT2D eigenvalue weighted by atomic mass is 9.98. The van der Waals surface area contributed by atoms with Crippen molar-refractivity contribution in [3.8, 4) is 11.5 Å². The zero-order valence-electron chi connectivity index (χ0n) is 21.5. The molecule has 37 heavy (non-hydrogen) atoms. The Kier molecular flexibility index (Phi) is 8.37. The smallest absolute Gasteiger partial charge is 0.362 e. The van der Waals surface area contributed by atoms with Gasteiger partial charge in [-0.2, -0.15) is 14.2 Å². The molecule has 1 fully saturated rings. The Morgan fingerprint density at radius 2 is 1.41 bits per heavy atom. The van der Waals surface area contributed by atoms with Gasteiger partial charge in [-0.05, 0) is 55.3 Å². The molecule has 1 aliphatic rings. The Labute approximate surface area is 219 Å². The van der Waals surface area contributed by atoms with Gasteiger partial charge in [-0.1, -0.05) is 43.0 Å². The first-order chi connectivity index (χ1) is 17.9. The molecule has 1 N–H and O–H groups in total. The Balaban J connectivity index is 1.79. The van der Waals surface area contributed by atoms with Gasteiger partial charge in [0.05, 0.1) is 45.3 Å². The standard InChI is InChI=1S/C29H34N2O5P/c1-5-36-29(32)28(20-23-18-26(34-3)21-27(19-23)35-4)22(2)37(33)30(24-12-8-6-9-13-24)16-17-31(37)25-14-10-7-11-15-25/h6-15,18-19,21,28,33H,2,5,16-17,20H2,1,3-4H3/q+1. The number of benzene rings is 3. The summed E-state index contributed by atoms with van der Waals surface area (Å²) >= 11 is 0. The minimum atomic E-state index is -3.27. The maximum absolute atomic E-state index is 13.4. The molecule has 0 radical (unpaired) electrons. The molecule has 3 aromatic carbocycles. The fourth-order valence-electron chi connectivity index (χ4n) is 4.70. The van der Waals surface area contributed by atoms with E-state index in [0.717, 1.165) is 16.9 Å². The Hall–Kier alpha value is -3.54. The van der Waals surface area contributed by atoms with Crippen LogP contribution in [0.1, 0.15) is 12.5 Å². The molecule has 3 aromatic rings. The summed E-state index contributed by atoms with van der Waals surface area (Å²) in [7, 11) is -0.103. The summed E-state index contributed by atoms with van der Waals surface area (Å²) in [5.74, 6) is 0.0313. The van der Waals surface area contributed by atoms with E-state index in [-0.39, 0.29) is 13.0 Å². The van der Waals surface area contributed by atoms with E-state index in [1.54, 1.807) is 27.2 Å². The number of ether oxygens (including phenoxy) is 3. The van der Waals surface area contributed by atoms with E-state index in [1.807, 2.05) is 82.1 Å². The lowest BCUT2D eigenvalue weighted by molar-refractivity contribution is -0.146. The Bertz CT molecular complexity index is 1150. The van der Waals surface area contributed by atoms with Crippen LogP contribution in [0.5, 0.6) is 11.5 Å². The maximum Gasteiger partial charge on any atom is 0.362 e. The normalized spacial score (nSPS) is 15.2. The minimum absolute atomic E-state index is 0.228. The van der Waals surface area contributed by atoms with Crippen LogP contribution in [0.15, 0.2) is 90.8 Å². The summed E-state index contributed by atoms with van der Waals surface area (Å²) in [6, 6.07) is 25.1. The molecule has 1 saturated heterocycles.